The Balaban J connectivity index is 2.06. The zero-order valence-corrected chi connectivity index (χ0v) is 11.5. The van der Waals surface area contributed by atoms with E-state index in [4.69, 9.17) is 0 Å². The second-order valence-electron chi connectivity index (χ2n) is 4.88. The summed E-state index contributed by atoms with van der Waals surface area (Å²) in [6, 6.07) is 9.07. The van der Waals surface area contributed by atoms with Crippen LogP contribution in [0.5, 0.6) is 0 Å². The zero-order valence-electron chi connectivity index (χ0n) is 11.5. The second kappa shape index (κ2) is 6.01. The van der Waals surface area contributed by atoms with Crippen LogP contribution in [0.25, 0.3) is 0 Å². The highest BCUT2D eigenvalue weighted by Gasteiger charge is 2.13. The lowest BCUT2D eigenvalue weighted by molar-refractivity contribution is 0.186. The number of aryl methyl sites for hydroxylation is 2. The molecule has 0 heterocycles. The second-order valence-corrected chi connectivity index (χ2v) is 4.88. The van der Waals surface area contributed by atoms with E-state index in [1.165, 1.54) is 6.07 Å². The molecule has 0 bridgehead atoms. The number of aliphatic hydroxyl groups excluding tert-OH is 1. The number of halogens is 2. The average molecular weight is 277 g/mol. The highest BCUT2D eigenvalue weighted by atomic mass is 19.1. The Hall–Kier alpha value is -1.94. The van der Waals surface area contributed by atoms with Gasteiger partial charge >= 0.3 is 0 Å². The average Bonchev–Trinajstić information content (AvgIpc) is 2.37. The Morgan fingerprint density at radius 3 is 2.50 bits per heavy atom. The fourth-order valence-electron chi connectivity index (χ4n) is 2.10. The first kappa shape index (κ1) is 14.5. The summed E-state index contributed by atoms with van der Waals surface area (Å²) in [5.41, 5.74) is 3.18. The van der Waals surface area contributed by atoms with Gasteiger partial charge in [0.25, 0.3) is 0 Å². The van der Waals surface area contributed by atoms with Gasteiger partial charge in [-0.05, 0) is 31.5 Å². The highest BCUT2D eigenvalue weighted by molar-refractivity contribution is 5.52. The van der Waals surface area contributed by atoms with Crippen molar-refractivity contribution in [2.45, 2.75) is 20.0 Å². The number of anilines is 1. The lowest BCUT2D eigenvalue weighted by atomic mass is 10.1. The van der Waals surface area contributed by atoms with Crippen LogP contribution in [0.2, 0.25) is 0 Å². The van der Waals surface area contributed by atoms with Crippen molar-refractivity contribution in [2.24, 2.45) is 0 Å². The smallest absolute Gasteiger partial charge is 0.131 e. The Kier molecular flexibility index (Phi) is 4.35. The van der Waals surface area contributed by atoms with Crippen LogP contribution in [0, 0.1) is 25.5 Å². The van der Waals surface area contributed by atoms with E-state index in [-0.39, 0.29) is 12.1 Å². The summed E-state index contributed by atoms with van der Waals surface area (Å²) < 4.78 is 26.3. The van der Waals surface area contributed by atoms with Gasteiger partial charge in [-0.2, -0.15) is 0 Å². The SMILES string of the molecule is Cc1ccc(NCC(O)c2ccc(F)cc2F)c(C)c1. The van der Waals surface area contributed by atoms with Gasteiger partial charge in [0.15, 0.2) is 0 Å². The van der Waals surface area contributed by atoms with E-state index in [0.717, 1.165) is 28.9 Å². The summed E-state index contributed by atoms with van der Waals surface area (Å²) in [7, 11) is 0. The molecule has 4 heteroatoms. The first-order valence-corrected chi connectivity index (χ1v) is 6.41. The molecule has 2 N–H and O–H groups in total. The van der Waals surface area contributed by atoms with Crippen LogP contribution in [-0.2, 0) is 0 Å². The minimum atomic E-state index is -1.03. The topological polar surface area (TPSA) is 32.3 Å². The summed E-state index contributed by atoms with van der Waals surface area (Å²) in [5, 5.41) is 13.0. The summed E-state index contributed by atoms with van der Waals surface area (Å²) in [6.07, 6.45) is -1.03. The molecule has 0 spiro atoms. The molecular weight excluding hydrogens is 260 g/mol. The summed E-state index contributed by atoms with van der Waals surface area (Å²) >= 11 is 0. The Labute approximate surface area is 117 Å². The standard InChI is InChI=1S/C16H17F2NO/c1-10-3-6-15(11(2)7-10)19-9-16(20)13-5-4-12(17)8-14(13)18/h3-8,16,19-20H,9H2,1-2H3. The van der Waals surface area contributed by atoms with E-state index in [2.05, 4.69) is 5.32 Å². The van der Waals surface area contributed by atoms with E-state index in [9.17, 15) is 13.9 Å². The molecule has 0 amide bonds. The maximum atomic E-state index is 13.5. The largest absolute Gasteiger partial charge is 0.386 e. The van der Waals surface area contributed by atoms with Crippen molar-refractivity contribution >= 4 is 5.69 Å². The molecule has 2 nitrogen and oxygen atoms in total. The lowest BCUT2D eigenvalue weighted by Gasteiger charge is -2.15. The third-order valence-corrected chi connectivity index (χ3v) is 3.19. The molecule has 20 heavy (non-hydrogen) atoms. The molecular formula is C16H17F2NO. The van der Waals surface area contributed by atoms with Gasteiger partial charge in [0.05, 0.1) is 6.10 Å². The zero-order chi connectivity index (χ0) is 14.7. The minimum Gasteiger partial charge on any atom is -0.386 e. The Bertz CT molecular complexity index is 613. The van der Waals surface area contributed by atoms with Gasteiger partial charge in [-0.25, -0.2) is 8.78 Å². The minimum absolute atomic E-state index is 0.0867. The molecule has 0 radical (unpaired) electrons. The Morgan fingerprint density at radius 2 is 1.85 bits per heavy atom. The maximum Gasteiger partial charge on any atom is 0.131 e. The van der Waals surface area contributed by atoms with E-state index >= 15 is 0 Å². The number of aliphatic hydroxyl groups is 1. The predicted octanol–water partition coefficient (Wildman–Crippen LogP) is 3.73. The molecule has 1 unspecified atom stereocenters. The van der Waals surface area contributed by atoms with Gasteiger partial charge in [0, 0.05) is 23.9 Å². The molecule has 2 aromatic rings. The monoisotopic (exact) mass is 277 g/mol. The summed E-state index contributed by atoms with van der Waals surface area (Å²) in [4.78, 5) is 0. The normalized spacial score (nSPS) is 12.2. The fraction of sp³-hybridized carbons (Fsp3) is 0.250. The van der Waals surface area contributed by atoms with Crippen molar-refractivity contribution in [1.29, 1.82) is 0 Å². The number of hydrogen-bond acceptors (Lipinski definition) is 2. The summed E-state index contributed by atoms with van der Waals surface area (Å²) in [5.74, 6) is -1.39. The van der Waals surface area contributed by atoms with E-state index < -0.39 is 17.7 Å². The van der Waals surface area contributed by atoms with E-state index in [1.54, 1.807) is 0 Å². The molecule has 0 aliphatic rings. The first-order chi connectivity index (χ1) is 9.47. The van der Waals surface area contributed by atoms with Crippen LogP contribution in [-0.4, -0.2) is 11.7 Å². The maximum absolute atomic E-state index is 13.5. The molecule has 0 aliphatic heterocycles. The van der Waals surface area contributed by atoms with Crippen molar-refractivity contribution in [1.82, 2.24) is 0 Å². The molecule has 0 aromatic heterocycles. The molecule has 0 fully saturated rings. The van der Waals surface area contributed by atoms with Crippen LogP contribution in [0.1, 0.15) is 22.8 Å². The molecule has 1 atom stereocenters. The van der Waals surface area contributed by atoms with Crippen LogP contribution in [0.4, 0.5) is 14.5 Å². The van der Waals surface area contributed by atoms with Gasteiger partial charge in [0.2, 0.25) is 0 Å². The predicted molar refractivity (Wildman–Crippen MR) is 75.7 cm³/mol. The molecule has 2 rings (SSSR count). The van der Waals surface area contributed by atoms with Crippen LogP contribution < -0.4 is 5.32 Å². The Morgan fingerprint density at radius 1 is 1.10 bits per heavy atom. The van der Waals surface area contributed by atoms with E-state index in [1.807, 2.05) is 32.0 Å². The van der Waals surface area contributed by atoms with E-state index in [0.29, 0.717) is 0 Å². The number of nitrogens with one attached hydrogen (secondary N) is 1. The summed E-state index contributed by atoms with van der Waals surface area (Å²) in [6.45, 7) is 4.12. The highest BCUT2D eigenvalue weighted by Crippen LogP contribution is 2.21. The third kappa shape index (κ3) is 3.33. The molecule has 0 saturated carbocycles. The van der Waals surface area contributed by atoms with Gasteiger partial charge in [-0.15, -0.1) is 0 Å². The molecule has 106 valence electrons. The van der Waals surface area contributed by atoms with Crippen molar-refractivity contribution in [3.8, 4) is 0 Å². The van der Waals surface area contributed by atoms with Gasteiger partial charge in [0.1, 0.15) is 11.6 Å². The molecule has 0 saturated heterocycles. The number of hydrogen-bond donors (Lipinski definition) is 2. The van der Waals surface area contributed by atoms with Gasteiger partial charge < -0.3 is 10.4 Å². The van der Waals surface area contributed by atoms with Crippen molar-refractivity contribution in [3.63, 3.8) is 0 Å². The third-order valence-electron chi connectivity index (χ3n) is 3.19. The fourth-order valence-corrected chi connectivity index (χ4v) is 2.10. The van der Waals surface area contributed by atoms with Crippen molar-refractivity contribution < 1.29 is 13.9 Å². The lowest BCUT2D eigenvalue weighted by Crippen LogP contribution is -2.14. The van der Waals surface area contributed by atoms with Gasteiger partial charge in [-0.1, -0.05) is 23.8 Å². The first-order valence-electron chi connectivity index (χ1n) is 6.41. The number of benzene rings is 2. The molecule has 2 aromatic carbocycles. The van der Waals surface area contributed by atoms with Crippen molar-refractivity contribution in [3.05, 3.63) is 64.7 Å². The van der Waals surface area contributed by atoms with Crippen LogP contribution in [0.15, 0.2) is 36.4 Å². The number of rotatable bonds is 4. The van der Waals surface area contributed by atoms with Gasteiger partial charge in [-0.3, -0.25) is 0 Å². The molecule has 0 aliphatic carbocycles. The van der Waals surface area contributed by atoms with Crippen LogP contribution in [0.3, 0.4) is 0 Å². The van der Waals surface area contributed by atoms with Crippen LogP contribution >= 0.6 is 0 Å². The quantitative estimate of drug-likeness (QED) is 0.892. The van der Waals surface area contributed by atoms with Crippen molar-refractivity contribution in [2.75, 3.05) is 11.9 Å².